The van der Waals surface area contributed by atoms with Crippen LogP contribution in [0.25, 0.3) is 0 Å². The van der Waals surface area contributed by atoms with Crippen LogP contribution in [0.1, 0.15) is 5.69 Å². The molecule has 7 heteroatoms. The van der Waals surface area contributed by atoms with Crippen molar-refractivity contribution in [2.45, 2.75) is 6.61 Å². The second-order valence-corrected chi connectivity index (χ2v) is 5.85. The summed E-state index contributed by atoms with van der Waals surface area (Å²) in [5.41, 5.74) is 0.486. The molecule has 1 heterocycles. The van der Waals surface area contributed by atoms with Crippen molar-refractivity contribution in [3.05, 3.63) is 17.8 Å². The van der Waals surface area contributed by atoms with E-state index in [9.17, 15) is 8.42 Å². The molecule has 0 atom stereocenters. The molecule has 1 aromatic rings. The fraction of sp³-hybridized carbons (Fsp3) is 0.556. The van der Waals surface area contributed by atoms with E-state index in [1.165, 1.54) is 6.26 Å². The molecule has 0 aliphatic rings. The van der Waals surface area contributed by atoms with Gasteiger partial charge >= 0.3 is 0 Å². The molecule has 16 heavy (non-hydrogen) atoms. The summed E-state index contributed by atoms with van der Waals surface area (Å²) in [7, 11) is -1.23. The second kappa shape index (κ2) is 5.22. The molecular weight excluding hydrogens is 230 g/mol. The van der Waals surface area contributed by atoms with E-state index in [4.69, 9.17) is 5.11 Å². The Bertz CT molecular complexity index is 430. The molecule has 0 bridgehead atoms. The van der Waals surface area contributed by atoms with Gasteiger partial charge in [0, 0.05) is 19.8 Å². The minimum absolute atomic E-state index is 0.0763. The first-order valence-electron chi connectivity index (χ1n) is 4.74. The summed E-state index contributed by atoms with van der Waals surface area (Å²) in [6.07, 6.45) is 1.20. The predicted molar refractivity (Wildman–Crippen MR) is 60.9 cm³/mol. The molecule has 0 aliphatic carbocycles. The molecule has 0 amide bonds. The molecule has 0 spiro atoms. The van der Waals surface area contributed by atoms with Gasteiger partial charge in [0.1, 0.15) is 9.84 Å². The van der Waals surface area contributed by atoms with E-state index in [1.807, 2.05) is 0 Å². The fourth-order valence-electron chi connectivity index (χ4n) is 1.06. The highest BCUT2D eigenvalue weighted by atomic mass is 32.2. The van der Waals surface area contributed by atoms with Crippen molar-refractivity contribution in [2.75, 3.05) is 30.5 Å². The van der Waals surface area contributed by atoms with Gasteiger partial charge in [-0.2, -0.15) is 5.10 Å². The van der Waals surface area contributed by atoms with Gasteiger partial charge in [0.05, 0.1) is 18.1 Å². The maximum absolute atomic E-state index is 11.0. The molecule has 0 aromatic carbocycles. The SMILES string of the molecule is CN(CCS(C)(=O)=O)c1ccc(CO)nn1. The number of hydrogen-bond acceptors (Lipinski definition) is 6. The van der Waals surface area contributed by atoms with Crippen LogP contribution in [0, 0.1) is 0 Å². The van der Waals surface area contributed by atoms with Gasteiger partial charge in [-0.05, 0) is 12.1 Å². The summed E-state index contributed by atoms with van der Waals surface area (Å²) in [4.78, 5) is 1.70. The first-order valence-corrected chi connectivity index (χ1v) is 6.81. The summed E-state index contributed by atoms with van der Waals surface area (Å²) in [5.74, 6) is 0.660. The second-order valence-electron chi connectivity index (χ2n) is 3.59. The van der Waals surface area contributed by atoms with Gasteiger partial charge in [-0.25, -0.2) is 8.42 Å². The Balaban J connectivity index is 2.62. The summed E-state index contributed by atoms with van der Waals surface area (Å²) in [6.45, 7) is 0.215. The van der Waals surface area contributed by atoms with E-state index in [0.717, 1.165) is 0 Å². The number of sulfone groups is 1. The molecular formula is C9H15N3O3S. The largest absolute Gasteiger partial charge is 0.390 e. The normalized spacial score (nSPS) is 11.4. The van der Waals surface area contributed by atoms with E-state index in [-0.39, 0.29) is 12.4 Å². The highest BCUT2D eigenvalue weighted by molar-refractivity contribution is 7.90. The maximum atomic E-state index is 11.0. The number of rotatable bonds is 5. The fourth-order valence-corrected chi connectivity index (χ4v) is 1.66. The monoisotopic (exact) mass is 245 g/mol. The predicted octanol–water partition coefficient (Wildman–Crippen LogP) is -0.550. The first-order chi connectivity index (χ1) is 7.42. The molecule has 0 unspecified atom stereocenters. The number of aromatic nitrogens is 2. The van der Waals surface area contributed by atoms with Gasteiger partial charge < -0.3 is 10.0 Å². The minimum Gasteiger partial charge on any atom is -0.390 e. The Kier molecular flexibility index (Phi) is 4.19. The quantitative estimate of drug-likeness (QED) is 0.749. The van der Waals surface area contributed by atoms with Crippen LogP contribution in [0.3, 0.4) is 0 Å². The van der Waals surface area contributed by atoms with E-state index < -0.39 is 9.84 Å². The Morgan fingerprint density at radius 1 is 1.38 bits per heavy atom. The maximum Gasteiger partial charge on any atom is 0.151 e. The molecule has 0 radical (unpaired) electrons. The van der Waals surface area contributed by atoms with Crippen LogP contribution >= 0.6 is 0 Å². The Labute approximate surface area is 94.8 Å². The van der Waals surface area contributed by atoms with Crippen molar-refractivity contribution in [1.82, 2.24) is 10.2 Å². The van der Waals surface area contributed by atoms with Crippen LogP contribution in [0.15, 0.2) is 12.1 Å². The van der Waals surface area contributed by atoms with Crippen molar-refractivity contribution in [2.24, 2.45) is 0 Å². The molecule has 0 saturated carbocycles. The Hall–Kier alpha value is -1.21. The van der Waals surface area contributed by atoms with Crippen molar-refractivity contribution in [1.29, 1.82) is 0 Å². The lowest BCUT2D eigenvalue weighted by Gasteiger charge is -2.16. The first kappa shape index (κ1) is 12.9. The number of aliphatic hydroxyl groups is 1. The average molecular weight is 245 g/mol. The van der Waals surface area contributed by atoms with E-state index in [0.29, 0.717) is 18.1 Å². The molecule has 6 nitrogen and oxygen atoms in total. The van der Waals surface area contributed by atoms with Crippen molar-refractivity contribution in [3.8, 4) is 0 Å². The zero-order valence-corrected chi connectivity index (χ0v) is 10.1. The molecule has 0 aliphatic heterocycles. The molecule has 1 N–H and O–H groups in total. The van der Waals surface area contributed by atoms with Crippen LogP contribution in [0.4, 0.5) is 5.82 Å². The summed E-state index contributed by atoms with van der Waals surface area (Å²) < 4.78 is 21.9. The van der Waals surface area contributed by atoms with Gasteiger partial charge in [0.15, 0.2) is 5.82 Å². The van der Waals surface area contributed by atoms with Crippen molar-refractivity contribution < 1.29 is 13.5 Å². The third-order valence-corrected chi connectivity index (χ3v) is 2.98. The lowest BCUT2D eigenvalue weighted by Crippen LogP contribution is -2.25. The highest BCUT2D eigenvalue weighted by Gasteiger charge is 2.07. The minimum atomic E-state index is -2.97. The summed E-state index contributed by atoms with van der Waals surface area (Å²) in [6, 6.07) is 3.35. The summed E-state index contributed by atoms with van der Waals surface area (Å²) >= 11 is 0. The number of hydrogen-bond donors (Lipinski definition) is 1. The van der Waals surface area contributed by atoms with Gasteiger partial charge in [0.2, 0.25) is 0 Å². The van der Waals surface area contributed by atoms with Gasteiger partial charge in [-0.15, -0.1) is 5.10 Å². The Morgan fingerprint density at radius 2 is 2.06 bits per heavy atom. The topological polar surface area (TPSA) is 83.4 Å². The molecule has 1 rings (SSSR count). The van der Waals surface area contributed by atoms with Crippen molar-refractivity contribution in [3.63, 3.8) is 0 Å². The van der Waals surface area contributed by atoms with Crippen molar-refractivity contribution >= 4 is 15.7 Å². The van der Waals surface area contributed by atoms with Crippen LogP contribution < -0.4 is 4.90 Å². The van der Waals surface area contributed by atoms with Crippen LogP contribution in [0.5, 0.6) is 0 Å². The smallest absolute Gasteiger partial charge is 0.151 e. The van der Waals surface area contributed by atoms with Gasteiger partial charge in [-0.3, -0.25) is 0 Å². The standard InChI is InChI=1S/C9H15N3O3S/c1-12(5-6-16(2,14)15)9-4-3-8(7-13)10-11-9/h3-4,13H,5-7H2,1-2H3. The molecule has 0 fully saturated rings. The average Bonchev–Trinajstić information content (AvgIpc) is 2.25. The molecule has 1 aromatic heterocycles. The van der Waals surface area contributed by atoms with E-state index in [2.05, 4.69) is 10.2 Å². The van der Waals surface area contributed by atoms with E-state index in [1.54, 1.807) is 24.1 Å². The third kappa shape index (κ3) is 4.11. The number of nitrogens with zero attached hydrogens (tertiary/aromatic N) is 3. The third-order valence-electron chi connectivity index (χ3n) is 2.06. The lowest BCUT2D eigenvalue weighted by atomic mass is 10.4. The van der Waals surface area contributed by atoms with Gasteiger partial charge in [-0.1, -0.05) is 0 Å². The highest BCUT2D eigenvalue weighted by Crippen LogP contribution is 2.07. The van der Waals surface area contributed by atoms with Crippen LogP contribution in [-0.2, 0) is 16.4 Å². The zero-order valence-electron chi connectivity index (χ0n) is 9.29. The zero-order chi connectivity index (χ0) is 12.2. The molecule has 90 valence electrons. The van der Waals surface area contributed by atoms with Crippen LogP contribution in [-0.4, -0.2) is 49.3 Å². The number of anilines is 1. The lowest BCUT2D eigenvalue weighted by molar-refractivity contribution is 0.275. The van der Waals surface area contributed by atoms with E-state index >= 15 is 0 Å². The van der Waals surface area contributed by atoms with Crippen LogP contribution in [0.2, 0.25) is 0 Å². The van der Waals surface area contributed by atoms with Gasteiger partial charge in [0.25, 0.3) is 0 Å². The number of aliphatic hydroxyl groups excluding tert-OH is 1. The molecule has 0 saturated heterocycles. The Morgan fingerprint density at radius 3 is 2.50 bits per heavy atom. The summed E-state index contributed by atoms with van der Waals surface area (Å²) in [5, 5.41) is 16.4.